The summed E-state index contributed by atoms with van der Waals surface area (Å²) in [7, 11) is 1.94. The number of aryl methyl sites for hydroxylation is 1. The molecule has 1 aliphatic heterocycles. The van der Waals surface area contributed by atoms with Crippen molar-refractivity contribution in [2.45, 2.75) is 50.4 Å². The maximum absolute atomic E-state index is 12.4. The maximum Gasteiger partial charge on any atom is 0.320 e. The van der Waals surface area contributed by atoms with E-state index in [9.17, 15) is 14.7 Å². The average Bonchev–Trinajstić information content (AvgIpc) is 3.05. The fourth-order valence-corrected chi connectivity index (χ4v) is 3.21. The largest absolute Gasteiger partial charge is 0.480 e. The van der Waals surface area contributed by atoms with Gasteiger partial charge in [-0.1, -0.05) is 0 Å². The van der Waals surface area contributed by atoms with Crippen molar-refractivity contribution in [3.8, 4) is 0 Å². The van der Waals surface area contributed by atoms with E-state index in [4.69, 9.17) is 0 Å². The van der Waals surface area contributed by atoms with Gasteiger partial charge in [0.1, 0.15) is 6.04 Å². The number of amides is 1. The average molecular weight is 291 g/mol. The van der Waals surface area contributed by atoms with Crippen LogP contribution in [-0.2, 0) is 23.2 Å². The first-order valence-electron chi connectivity index (χ1n) is 7.46. The van der Waals surface area contributed by atoms with Gasteiger partial charge in [0.05, 0.1) is 12.6 Å². The molecule has 21 heavy (non-hydrogen) atoms. The highest BCUT2D eigenvalue weighted by molar-refractivity contribution is 5.84. The Morgan fingerprint density at radius 1 is 1.29 bits per heavy atom. The molecule has 1 aromatic rings. The lowest BCUT2D eigenvalue weighted by Gasteiger charge is -2.27. The summed E-state index contributed by atoms with van der Waals surface area (Å²) in [5, 5.41) is 12.2. The summed E-state index contributed by atoms with van der Waals surface area (Å²) < 4.78 is 1.97. The lowest BCUT2D eigenvalue weighted by molar-refractivity contribution is -0.143. The Kier molecular flexibility index (Phi) is 3.71. The maximum atomic E-state index is 12.4. The number of carbonyl (C=O) groups excluding carboxylic acids is 1. The molecule has 2 heterocycles. The van der Waals surface area contributed by atoms with Crippen LogP contribution in [0.3, 0.4) is 0 Å². The monoisotopic (exact) mass is 291 g/mol. The minimum Gasteiger partial charge on any atom is -0.480 e. The van der Waals surface area contributed by atoms with E-state index >= 15 is 0 Å². The van der Waals surface area contributed by atoms with Gasteiger partial charge in [0.15, 0.2) is 0 Å². The van der Waals surface area contributed by atoms with E-state index in [0.717, 1.165) is 18.5 Å². The molecule has 0 aromatic carbocycles. The number of carbonyl (C=O) groups is 2. The van der Waals surface area contributed by atoms with E-state index in [1.165, 1.54) is 0 Å². The molecule has 0 spiro atoms. The Morgan fingerprint density at radius 3 is 2.57 bits per heavy atom. The molecule has 6 nitrogen and oxygen atoms in total. The number of rotatable bonds is 5. The Labute approximate surface area is 123 Å². The van der Waals surface area contributed by atoms with Gasteiger partial charge in [0.25, 0.3) is 0 Å². The highest BCUT2D eigenvalue weighted by Gasteiger charge is 2.48. The number of aliphatic carboxylic acids is 1. The molecule has 1 saturated carbocycles. The molecule has 114 valence electrons. The third-order valence-corrected chi connectivity index (χ3v) is 4.48. The molecule has 1 saturated heterocycles. The van der Waals surface area contributed by atoms with Crippen molar-refractivity contribution >= 4 is 11.9 Å². The highest BCUT2D eigenvalue weighted by atomic mass is 16.4. The van der Waals surface area contributed by atoms with Gasteiger partial charge in [-0.05, 0) is 37.8 Å². The second-order valence-electron chi connectivity index (χ2n) is 5.95. The Bertz CT molecular complexity index is 550. The first-order chi connectivity index (χ1) is 10.1. The van der Waals surface area contributed by atoms with E-state index in [2.05, 4.69) is 5.32 Å². The summed E-state index contributed by atoms with van der Waals surface area (Å²) in [4.78, 5) is 25.7. The lowest BCUT2D eigenvalue weighted by Crippen LogP contribution is -2.49. The molecule has 2 fully saturated rings. The van der Waals surface area contributed by atoms with Crippen LogP contribution < -0.4 is 5.32 Å². The van der Waals surface area contributed by atoms with Crippen LogP contribution in [0.1, 0.15) is 31.4 Å². The summed E-state index contributed by atoms with van der Waals surface area (Å²) in [5.41, 5.74) is 1.04. The van der Waals surface area contributed by atoms with Crippen molar-refractivity contribution in [3.05, 3.63) is 24.0 Å². The molecule has 0 bridgehead atoms. The Hall–Kier alpha value is -1.82. The third-order valence-electron chi connectivity index (χ3n) is 4.48. The van der Waals surface area contributed by atoms with Crippen LogP contribution in [0.5, 0.6) is 0 Å². The SMILES string of the molecule is Cn1cccc1CNC(=O)C1CCC(C(=O)O)N1C1CC1. The van der Waals surface area contributed by atoms with Crippen LogP contribution in [0.15, 0.2) is 18.3 Å². The Morgan fingerprint density at radius 2 is 2.00 bits per heavy atom. The molecular formula is C15H21N3O3. The molecule has 2 unspecified atom stereocenters. The normalized spacial score (nSPS) is 26.0. The molecule has 0 radical (unpaired) electrons. The van der Waals surface area contributed by atoms with Crippen molar-refractivity contribution in [2.75, 3.05) is 0 Å². The van der Waals surface area contributed by atoms with Gasteiger partial charge >= 0.3 is 5.97 Å². The topological polar surface area (TPSA) is 74.6 Å². The number of hydrogen-bond acceptors (Lipinski definition) is 3. The van der Waals surface area contributed by atoms with Crippen LogP contribution in [0.2, 0.25) is 0 Å². The Balaban J connectivity index is 1.64. The fourth-order valence-electron chi connectivity index (χ4n) is 3.21. The highest BCUT2D eigenvalue weighted by Crippen LogP contribution is 2.37. The number of nitrogens with one attached hydrogen (secondary N) is 1. The summed E-state index contributed by atoms with van der Waals surface area (Å²) in [6.45, 7) is 0.481. The van der Waals surface area contributed by atoms with E-state index in [0.29, 0.717) is 19.4 Å². The molecule has 3 rings (SSSR count). The molecular weight excluding hydrogens is 270 g/mol. The molecule has 2 atom stereocenters. The van der Waals surface area contributed by atoms with Gasteiger partial charge < -0.3 is 15.0 Å². The predicted octanol–water partition coefficient (Wildman–Crippen LogP) is 0.721. The quantitative estimate of drug-likeness (QED) is 0.838. The van der Waals surface area contributed by atoms with Gasteiger partial charge in [-0.15, -0.1) is 0 Å². The second-order valence-corrected chi connectivity index (χ2v) is 5.95. The summed E-state index contributed by atoms with van der Waals surface area (Å²) in [5.74, 6) is -0.855. The summed E-state index contributed by atoms with van der Waals surface area (Å²) >= 11 is 0. The van der Waals surface area contributed by atoms with Crippen LogP contribution >= 0.6 is 0 Å². The first-order valence-corrected chi connectivity index (χ1v) is 7.46. The number of hydrogen-bond donors (Lipinski definition) is 2. The molecule has 1 aromatic heterocycles. The number of aromatic nitrogens is 1. The van der Waals surface area contributed by atoms with Crippen molar-refractivity contribution in [1.82, 2.24) is 14.8 Å². The third kappa shape index (κ3) is 2.81. The molecule has 2 aliphatic rings. The van der Waals surface area contributed by atoms with Crippen molar-refractivity contribution in [1.29, 1.82) is 0 Å². The van der Waals surface area contributed by atoms with Gasteiger partial charge in [0, 0.05) is 25.0 Å². The summed E-state index contributed by atoms with van der Waals surface area (Å²) in [6, 6.07) is 3.39. The number of likely N-dealkylation sites (tertiary alicyclic amines) is 1. The zero-order valence-corrected chi connectivity index (χ0v) is 12.2. The van der Waals surface area contributed by atoms with E-state index in [1.54, 1.807) is 0 Å². The van der Waals surface area contributed by atoms with Gasteiger partial charge in [-0.2, -0.15) is 0 Å². The molecule has 1 aliphatic carbocycles. The van der Waals surface area contributed by atoms with Crippen LogP contribution in [-0.4, -0.2) is 44.6 Å². The van der Waals surface area contributed by atoms with Gasteiger partial charge in [-0.3, -0.25) is 14.5 Å². The second kappa shape index (κ2) is 5.52. The van der Waals surface area contributed by atoms with Crippen molar-refractivity contribution in [2.24, 2.45) is 7.05 Å². The summed E-state index contributed by atoms with van der Waals surface area (Å²) in [6.07, 6.45) is 5.14. The van der Waals surface area contributed by atoms with Crippen LogP contribution in [0.4, 0.5) is 0 Å². The van der Waals surface area contributed by atoms with Crippen molar-refractivity contribution < 1.29 is 14.7 Å². The zero-order chi connectivity index (χ0) is 15.0. The smallest absolute Gasteiger partial charge is 0.320 e. The van der Waals surface area contributed by atoms with Gasteiger partial charge in [0.2, 0.25) is 5.91 Å². The van der Waals surface area contributed by atoms with Crippen LogP contribution in [0, 0.1) is 0 Å². The number of carboxylic acid groups (broad SMARTS) is 1. The minimum atomic E-state index is -0.806. The number of carboxylic acids is 1. The zero-order valence-electron chi connectivity index (χ0n) is 12.2. The van der Waals surface area contributed by atoms with E-state index in [1.807, 2.05) is 34.8 Å². The predicted molar refractivity (Wildman–Crippen MR) is 76.6 cm³/mol. The van der Waals surface area contributed by atoms with E-state index in [-0.39, 0.29) is 18.0 Å². The van der Waals surface area contributed by atoms with Gasteiger partial charge in [-0.25, -0.2) is 0 Å². The van der Waals surface area contributed by atoms with Crippen LogP contribution in [0.25, 0.3) is 0 Å². The van der Waals surface area contributed by atoms with Crippen molar-refractivity contribution in [3.63, 3.8) is 0 Å². The standard InChI is InChI=1S/C15H21N3O3/c1-17-8-2-3-11(17)9-16-14(19)12-6-7-13(15(20)21)18(12)10-4-5-10/h2-3,8,10,12-13H,4-7,9H2,1H3,(H,16,19)(H,20,21). The molecule has 2 N–H and O–H groups in total. The first kappa shape index (κ1) is 14.1. The minimum absolute atomic E-state index is 0.0492. The number of nitrogens with zero attached hydrogens (tertiary/aromatic N) is 2. The van der Waals surface area contributed by atoms with E-state index < -0.39 is 12.0 Å². The molecule has 1 amide bonds. The fraction of sp³-hybridized carbons (Fsp3) is 0.600. The lowest BCUT2D eigenvalue weighted by atomic mass is 10.2. The molecule has 6 heteroatoms.